The Morgan fingerprint density at radius 2 is 2.20 bits per heavy atom. The number of hydrogen-bond donors (Lipinski definition) is 1. The molecule has 1 aromatic rings. The van der Waals surface area contributed by atoms with E-state index >= 15 is 0 Å². The molecule has 1 saturated heterocycles. The van der Waals surface area contributed by atoms with Crippen LogP contribution in [0.1, 0.15) is 18.4 Å². The monoisotopic (exact) mass is 292 g/mol. The predicted octanol–water partition coefficient (Wildman–Crippen LogP) is 2.26. The van der Waals surface area contributed by atoms with Crippen LogP contribution >= 0.6 is 11.8 Å². The highest BCUT2D eigenvalue weighted by Crippen LogP contribution is 2.31. The van der Waals surface area contributed by atoms with E-state index in [2.05, 4.69) is 11.0 Å². The zero-order valence-corrected chi connectivity index (χ0v) is 12.5. The standard InChI is InChI=1S/C15H20N2O2S/c1-20-15-4-2-3-14(13(15)11-16)17-7-5-12(6-8-17)19-10-9-18/h2-4,12,18H,5-10H2,1H3. The summed E-state index contributed by atoms with van der Waals surface area (Å²) in [6.45, 7) is 2.27. The smallest absolute Gasteiger partial charge is 0.103 e. The third kappa shape index (κ3) is 3.45. The van der Waals surface area contributed by atoms with Crippen LogP contribution in [0.4, 0.5) is 5.69 Å². The molecule has 1 aliphatic rings. The molecule has 0 radical (unpaired) electrons. The second kappa shape index (κ2) is 7.53. The van der Waals surface area contributed by atoms with Gasteiger partial charge in [-0.3, -0.25) is 0 Å². The van der Waals surface area contributed by atoms with Crippen molar-refractivity contribution in [2.75, 3.05) is 37.5 Å². The fraction of sp³-hybridized carbons (Fsp3) is 0.533. The first kappa shape index (κ1) is 15.2. The number of aliphatic hydroxyl groups is 1. The number of piperidine rings is 1. The summed E-state index contributed by atoms with van der Waals surface area (Å²) in [4.78, 5) is 3.29. The molecule has 0 unspecified atom stereocenters. The molecular weight excluding hydrogens is 272 g/mol. The van der Waals surface area contributed by atoms with Gasteiger partial charge < -0.3 is 14.7 Å². The molecule has 1 heterocycles. The van der Waals surface area contributed by atoms with Crippen molar-refractivity contribution in [3.05, 3.63) is 23.8 Å². The van der Waals surface area contributed by atoms with Crippen LogP contribution in [0.3, 0.4) is 0 Å². The van der Waals surface area contributed by atoms with Crippen molar-refractivity contribution in [2.24, 2.45) is 0 Å². The number of aliphatic hydroxyl groups excluding tert-OH is 1. The highest BCUT2D eigenvalue weighted by atomic mass is 32.2. The van der Waals surface area contributed by atoms with Crippen LogP contribution in [-0.4, -0.2) is 43.8 Å². The summed E-state index contributed by atoms with van der Waals surface area (Å²) in [6, 6.07) is 8.35. The Labute approximate surface area is 124 Å². The third-order valence-electron chi connectivity index (χ3n) is 3.56. The van der Waals surface area contributed by atoms with E-state index in [1.807, 2.05) is 24.5 Å². The summed E-state index contributed by atoms with van der Waals surface area (Å²) in [5.41, 5.74) is 1.80. The summed E-state index contributed by atoms with van der Waals surface area (Å²) >= 11 is 1.61. The molecule has 20 heavy (non-hydrogen) atoms. The Hall–Kier alpha value is -1.22. The van der Waals surface area contributed by atoms with E-state index in [-0.39, 0.29) is 12.7 Å². The molecule has 0 atom stereocenters. The lowest BCUT2D eigenvalue weighted by atomic mass is 10.1. The molecule has 0 saturated carbocycles. The van der Waals surface area contributed by atoms with E-state index < -0.39 is 0 Å². The molecule has 1 fully saturated rings. The molecule has 4 nitrogen and oxygen atoms in total. The average Bonchev–Trinajstić information content (AvgIpc) is 2.52. The van der Waals surface area contributed by atoms with Gasteiger partial charge in [-0.1, -0.05) is 6.07 Å². The zero-order chi connectivity index (χ0) is 14.4. The minimum atomic E-state index is 0.0779. The van der Waals surface area contributed by atoms with Gasteiger partial charge in [0.15, 0.2) is 0 Å². The second-order valence-corrected chi connectivity index (χ2v) is 5.60. The number of nitriles is 1. The first-order chi connectivity index (χ1) is 9.80. The van der Waals surface area contributed by atoms with E-state index in [9.17, 15) is 5.26 Å². The number of hydrogen-bond acceptors (Lipinski definition) is 5. The van der Waals surface area contributed by atoms with Gasteiger partial charge in [-0.15, -0.1) is 11.8 Å². The van der Waals surface area contributed by atoms with E-state index in [4.69, 9.17) is 9.84 Å². The lowest BCUT2D eigenvalue weighted by Crippen LogP contribution is -2.37. The van der Waals surface area contributed by atoms with Crippen LogP contribution in [-0.2, 0) is 4.74 Å². The van der Waals surface area contributed by atoms with Crippen LogP contribution in [0.2, 0.25) is 0 Å². The van der Waals surface area contributed by atoms with Gasteiger partial charge in [0, 0.05) is 18.0 Å². The largest absolute Gasteiger partial charge is 0.394 e. The van der Waals surface area contributed by atoms with E-state index in [0.717, 1.165) is 42.1 Å². The molecule has 0 spiro atoms. The average molecular weight is 292 g/mol. The van der Waals surface area contributed by atoms with Gasteiger partial charge in [-0.05, 0) is 31.2 Å². The van der Waals surface area contributed by atoms with Gasteiger partial charge in [0.1, 0.15) is 6.07 Å². The lowest BCUT2D eigenvalue weighted by Gasteiger charge is -2.34. The van der Waals surface area contributed by atoms with Crippen LogP contribution in [0.5, 0.6) is 0 Å². The van der Waals surface area contributed by atoms with Gasteiger partial charge in [0.25, 0.3) is 0 Å². The van der Waals surface area contributed by atoms with Crippen molar-refractivity contribution in [3.8, 4) is 6.07 Å². The highest BCUT2D eigenvalue weighted by Gasteiger charge is 2.22. The van der Waals surface area contributed by atoms with Gasteiger partial charge in [0.05, 0.1) is 30.6 Å². The molecule has 108 valence electrons. The van der Waals surface area contributed by atoms with Crippen LogP contribution in [0.15, 0.2) is 23.1 Å². The third-order valence-corrected chi connectivity index (χ3v) is 4.34. The molecule has 0 aliphatic carbocycles. The van der Waals surface area contributed by atoms with E-state index in [1.54, 1.807) is 11.8 Å². The zero-order valence-electron chi connectivity index (χ0n) is 11.7. The number of thioether (sulfide) groups is 1. The second-order valence-electron chi connectivity index (χ2n) is 4.75. The minimum absolute atomic E-state index is 0.0779. The predicted molar refractivity (Wildman–Crippen MR) is 81.2 cm³/mol. The van der Waals surface area contributed by atoms with Crippen LogP contribution in [0.25, 0.3) is 0 Å². The van der Waals surface area contributed by atoms with Crippen LogP contribution in [0, 0.1) is 11.3 Å². The number of anilines is 1. The molecule has 0 amide bonds. The van der Waals surface area contributed by atoms with Gasteiger partial charge in [-0.25, -0.2) is 0 Å². The maximum Gasteiger partial charge on any atom is 0.103 e. The van der Waals surface area contributed by atoms with Crippen molar-refractivity contribution >= 4 is 17.4 Å². The van der Waals surface area contributed by atoms with Gasteiger partial charge in [0.2, 0.25) is 0 Å². The fourth-order valence-corrected chi connectivity index (χ4v) is 3.12. The molecular formula is C15H20N2O2S. The van der Waals surface area contributed by atoms with Crippen molar-refractivity contribution in [3.63, 3.8) is 0 Å². The molecule has 2 rings (SSSR count). The Morgan fingerprint density at radius 3 is 2.80 bits per heavy atom. The van der Waals surface area contributed by atoms with E-state index in [0.29, 0.717) is 6.61 Å². The maximum absolute atomic E-state index is 9.39. The molecule has 1 N–H and O–H groups in total. The topological polar surface area (TPSA) is 56.5 Å². The highest BCUT2D eigenvalue weighted by molar-refractivity contribution is 7.98. The lowest BCUT2D eigenvalue weighted by molar-refractivity contribution is 0.0159. The van der Waals surface area contributed by atoms with Crippen molar-refractivity contribution in [1.29, 1.82) is 5.26 Å². The number of ether oxygens (including phenoxy) is 1. The van der Waals surface area contributed by atoms with Gasteiger partial charge in [-0.2, -0.15) is 5.26 Å². The van der Waals surface area contributed by atoms with Gasteiger partial charge >= 0.3 is 0 Å². The molecule has 0 bridgehead atoms. The number of rotatable bonds is 5. The Morgan fingerprint density at radius 1 is 1.45 bits per heavy atom. The summed E-state index contributed by atoms with van der Waals surface area (Å²) in [5.74, 6) is 0. The molecule has 5 heteroatoms. The van der Waals surface area contributed by atoms with E-state index in [1.165, 1.54) is 0 Å². The summed E-state index contributed by atoms with van der Waals surface area (Å²) in [7, 11) is 0. The summed E-state index contributed by atoms with van der Waals surface area (Å²) < 4.78 is 5.57. The SMILES string of the molecule is CSc1cccc(N2CCC(OCCO)CC2)c1C#N. The first-order valence-corrected chi connectivity index (χ1v) is 8.07. The molecule has 1 aromatic carbocycles. The quantitative estimate of drug-likeness (QED) is 0.844. The summed E-state index contributed by atoms with van der Waals surface area (Å²) in [5, 5.41) is 18.2. The fourth-order valence-electron chi connectivity index (χ4n) is 2.55. The number of nitrogens with zero attached hydrogens (tertiary/aromatic N) is 2. The van der Waals surface area contributed by atoms with Crippen LogP contribution < -0.4 is 4.90 Å². The minimum Gasteiger partial charge on any atom is -0.394 e. The van der Waals surface area contributed by atoms with Crippen molar-refractivity contribution < 1.29 is 9.84 Å². The first-order valence-electron chi connectivity index (χ1n) is 6.84. The molecule has 1 aliphatic heterocycles. The molecule has 0 aromatic heterocycles. The Kier molecular flexibility index (Phi) is 5.72. The van der Waals surface area contributed by atoms with Crippen molar-refractivity contribution in [2.45, 2.75) is 23.8 Å². The number of benzene rings is 1. The Bertz CT molecular complexity index is 479. The van der Waals surface area contributed by atoms with Crippen molar-refractivity contribution in [1.82, 2.24) is 0 Å². The summed E-state index contributed by atoms with van der Waals surface area (Å²) in [6.07, 6.45) is 4.10. The maximum atomic E-state index is 9.39. The Balaban J connectivity index is 2.06. The normalized spacial score (nSPS) is 16.1.